The SMILES string of the molecule is CCOC(=O)c1c(CC)nc2n(-c3c(C)cc(C)cc3C)c(Cl)cn12. The van der Waals surface area contributed by atoms with E-state index in [2.05, 4.69) is 37.9 Å². The average molecular weight is 360 g/mol. The molecule has 0 fully saturated rings. The van der Waals surface area contributed by atoms with Gasteiger partial charge in [-0.15, -0.1) is 0 Å². The molecule has 5 nitrogen and oxygen atoms in total. The second-order valence-corrected chi connectivity index (χ2v) is 6.57. The summed E-state index contributed by atoms with van der Waals surface area (Å²) in [5.74, 6) is 0.248. The summed E-state index contributed by atoms with van der Waals surface area (Å²) in [5, 5.41) is 0.505. The summed E-state index contributed by atoms with van der Waals surface area (Å²) < 4.78 is 8.83. The summed E-state index contributed by atoms with van der Waals surface area (Å²) in [6, 6.07) is 4.23. The van der Waals surface area contributed by atoms with E-state index >= 15 is 0 Å². The number of ether oxygens (including phenoxy) is 1. The van der Waals surface area contributed by atoms with Gasteiger partial charge < -0.3 is 4.74 Å². The Kier molecular flexibility index (Phi) is 4.60. The lowest BCUT2D eigenvalue weighted by atomic mass is 10.1. The zero-order chi connectivity index (χ0) is 18.3. The molecule has 3 aromatic rings. The number of nitrogens with zero attached hydrogens (tertiary/aromatic N) is 3. The normalized spacial score (nSPS) is 11.3. The van der Waals surface area contributed by atoms with Gasteiger partial charge in [-0.05, 0) is 45.2 Å². The summed E-state index contributed by atoms with van der Waals surface area (Å²) in [6.07, 6.45) is 2.37. The molecular formula is C19H22ClN3O2. The molecule has 25 heavy (non-hydrogen) atoms. The van der Waals surface area contributed by atoms with Gasteiger partial charge in [0.05, 0.1) is 18.0 Å². The van der Waals surface area contributed by atoms with Crippen molar-refractivity contribution in [2.45, 2.75) is 41.0 Å². The molecule has 1 aromatic carbocycles. The van der Waals surface area contributed by atoms with E-state index in [1.165, 1.54) is 5.56 Å². The van der Waals surface area contributed by atoms with Crippen LogP contribution in [0.2, 0.25) is 5.15 Å². The quantitative estimate of drug-likeness (QED) is 0.647. The van der Waals surface area contributed by atoms with Gasteiger partial charge in [-0.25, -0.2) is 9.78 Å². The van der Waals surface area contributed by atoms with Crippen LogP contribution >= 0.6 is 11.6 Å². The Hall–Kier alpha value is -2.27. The van der Waals surface area contributed by atoms with Crippen LogP contribution < -0.4 is 0 Å². The van der Waals surface area contributed by atoms with Gasteiger partial charge in [0.2, 0.25) is 5.78 Å². The second kappa shape index (κ2) is 6.56. The van der Waals surface area contributed by atoms with Crippen molar-refractivity contribution < 1.29 is 9.53 Å². The van der Waals surface area contributed by atoms with Gasteiger partial charge in [0.15, 0.2) is 5.69 Å². The fraction of sp³-hybridized carbons (Fsp3) is 0.368. The van der Waals surface area contributed by atoms with Crippen LogP contribution in [0.3, 0.4) is 0 Å². The molecule has 0 aliphatic heterocycles. The molecule has 0 unspecified atom stereocenters. The number of imidazole rings is 2. The number of benzene rings is 1. The van der Waals surface area contributed by atoms with E-state index in [1.807, 2.05) is 11.5 Å². The van der Waals surface area contributed by atoms with Crippen molar-refractivity contribution >= 4 is 23.3 Å². The van der Waals surface area contributed by atoms with Crippen molar-refractivity contribution in [2.24, 2.45) is 0 Å². The molecule has 0 radical (unpaired) electrons. The molecule has 0 bridgehead atoms. The number of carbonyl (C=O) groups excluding carboxylic acids is 1. The first-order valence-corrected chi connectivity index (χ1v) is 8.80. The van der Waals surface area contributed by atoms with Crippen LogP contribution in [0.25, 0.3) is 11.5 Å². The van der Waals surface area contributed by atoms with Crippen molar-refractivity contribution in [1.29, 1.82) is 0 Å². The molecule has 0 amide bonds. The molecule has 6 heteroatoms. The summed E-state index contributed by atoms with van der Waals surface area (Å²) in [6.45, 7) is 10.3. The standard InChI is InChI=1S/C19H22ClN3O2/c1-6-14-17(18(24)25-7-2)22-10-15(20)23(19(22)21-14)16-12(4)8-11(3)9-13(16)5/h8-10H,6-7H2,1-5H3. The first kappa shape index (κ1) is 17.5. The number of aryl methyl sites for hydroxylation is 4. The first-order chi connectivity index (χ1) is 11.9. The van der Waals surface area contributed by atoms with Crippen LogP contribution in [-0.2, 0) is 11.2 Å². The number of fused-ring (bicyclic) bond motifs is 1. The lowest BCUT2D eigenvalue weighted by molar-refractivity contribution is 0.0517. The van der Waals surface area contributed by atoms with Crippen molar-refractivity contribution in [2.75, 3.05) is 6.61 Å². The Balaban J connectivity index is 2.32. The number of hydrogen-bond donors (Lipinski definition) is 0. The van der Waals surface area contributed by atoms with Gasteiger partial charge in [0.25, 0.3) is 0 Å². The van der Waals surface area contributed by atoms with E-state index in [0.717, 1.165) is 16.8 Å². The maximum atomic E-state index is 12.4. The third kappa shape index (κ3) is 2.82. The molecule has 0 aliphatic rings. The maximum absolute atomic E-state index is 12.4. The van der Waals surface area contributed by atoms with Gasteiger partial charge in [0.1, 0.15) is 5.15 Å². The third-order valence-electron chi connectivity index (χ3n) is 4.28. The topological polar surface area (TPSA) is 48.5 Å². The molecule has 0 N–H and O–H groups in total. The van der Waals surface area contributed by atoms with Crippen molar-refractivity contribution in [1.82, 2.24) is 14.0 Å². The fourth-order valence-corrected chi connectivity index (χ4v) is 3.66. The maximum Gasteiger partial charge on any atom is 0.357 e. The van der Waals surface area contributed by atoms with Crippen molar-refractivity contribution in [3.8, 4) is 5.69 Å². The molecule has 0 saturated heterocycles. The molecule has 3 rings (SSSR count). The van der Waals surface area contributed by atoms with E-state index in [4.69, 9.17) is 16.3 Å². The Labute approximate surface area is 152 Å². The Morgan fingerprint density at radius 1 is 1.20 bits per heavy atom. The highest BCUT2D eigenvalue weighted by Crippen LogP contribution is 2.29. The molecular weight excluding hydrogens is 338 g/mol. The van der Waals surface area contributed by atoms with Gasteiger partial charge >= 0.3 is 5.97 Å². The number of rotatable bonds is 4. The lowest BCUT2D eigenvalue weighted by Crippen LogP contribution is -2.10. The van der Waals surface area contributed by atoms with Crippen LogP contribution in [0, 0.1) is 20.8 Å². The van der Waals surface area contributed by atoms with Crippen LogP contribution in [0.4, 0.5) is 0 Å². The van der Waals surface area contributed by atoms with E-state index in [9.17, 15) is 4.79 Å². The van der Waals surface area contributed by atoms with E-state index in [1.54, 1.807) is 17.5 Å². The highest BCUT2D eigenvalue weighted by molar-refractivity contribution is 6.30. The zero-order valence-electron chi connectivity index (χ0n) is 15.2. The zero-order valence-corrected chi connectivity index (χ0v) is 15.9. The Morgan fingerprint density at radius 3 is 2.40 bits per heavy atom. The average Bonchev–Trinajstić information content (AvgIpc) is 3.02. The third-order valence-corrected chi connectivity index (χ3v) is 4.54. The smallest absolute Gasteiger partial charge is 0.357 e. The second-order valence-electron chi connectivity index (χ2n) is 6.19. The van der Waals surface area contributed by atoms with E-state index < -0.39 is 0 Å². The van der Waals surface area contributed by atoms with Crippen molar-refractivity contribution in [3.63, 3.8) is 0 Å². The number of hydrogen-bond acceptors (Lipinski definition) is 3. The first-order valence-electron chi connectivity index (χ1n) is 8.42. The number of carbonyl (C=O) groups is 1. The number of aromatic nitrogens is 3. The minimum Gasteiger partial charge on any atom is -0.461 e. The molecule has 2 aromatic heterocycles. The summed E-state index contributed by atoms with van der Waals surface area (Å²) >= 11 is 6.53. The van der Waals surface area contributed by atoms with Crippen LogP contribution in [-0.4, -0.2) is 26.5 Å². The lowest BCUT2D eigenvalue weighted by Gasteiger charge is -2.13. The molecule has 0 saturated carbocycles. The highest BCUT2D eigenvalue weighted by Gasteiger charge is 2.24. The molecule has 0 aliphatic carbocycles. The van der Waals surface area contributed by atoms with Gasteiger partial charge in [0, 0.05) is 6.20 Å². The van der Waals surface area contributed by atoms with Crippen LogP contribution in [0.15, 0.2) is 18.3 Å². The number of esters is 1. The van der Waals surface area contributed by atoms with Crippen LogP contribution in [0.1, 0.15) is 46.7 Å². The van der Waals surface area contributed by atoms with E-state index in [-0.39, 0.29) is 5.97 Å². The Morgan fingerprint density at radius 2 is 1.84 bits per heavy atom. The monoisotopic (exact) mass is 359 g/mol. The van der Waals surface area contributed by atoms with Crippen LogP contribution in [0.5, 0.6) is 0 Å². The molecule has 0 spiro atoms. The van der Waals surface area contributed by atoms with Gasteiger partial charge in [-0.1, -0.05) is 36.2 Å². The summed E-state index contributed by atoms with van der Waals surface area (Å²) in [4.78, 5) is 17.1. The predicted octanol–water partition coefficient (Wildman–Crippen LogP) is 4.44. The summed E-state index contributed by atoms with van der Waals surface area (Å²) in [5.41, 5.74) is 5.56. The predicted molar refractivity (Wildman–Crippen MR) is 99.1 cm³/mol. The molecule has 2 heterocycles. The molecule has 132 valence electrons. The minimum absolute atomic E-state index is 0.319. The molecule has 0 atom stereocenters. The Bertz CT molecular complexity index is 946. The minimum atomic E-state index is -0.377. The largest absolute Gasteiger partial charge is 0.461 e. The van der Waals surface area contributed by atoms with Gasteiger partial charge in [-0.3, -0.25) is 8.97 Å². The van der Waals surface area contributed by atoms with E-state index in [0.29, 0.717) is 35.3 Å². The summed E-state index contributed by atoms with van der Waals surface area (Å²) in [7, 11) is 0. The highest BCUT2D eigenvalue weighted by atomic mass is 35.5. The fourth-order valence-electron chi connectivity index (χ4n) is 3.40. The number of halogens is 1. The van der Waals surface area contributed by atoms with Crippen molar-refractivity contribution in [3.05, 3.63) is 51.6 Å². The van der Waals surface area contributed by atoms with Gasteiger partial charge in [-0.2, -0.15) is 0 Å².